The summed E-state index contributed by atoms with van der Waals surface area (Å²) in [6.07, 6.45) is 4.93. The number of nitrogens with two attached hydrogens (primary N) is 3. The zero-order valence-electron chi connectivity index (χ0n) is 28.2. The van der Waals surface area contributed by atoms with E-state index in [0.717, 1.165) is 6.54 Å². The maximum atomic E-state index is 12.4. The fraction of sp³-hybridized carbons (Fsp3) is 0.357. The largest absolute Gasteiger partial charge is 1.00 e. The van der Waals surface area contributed by atoms with E-state index in [1.807, 2.05) is 0 Å². The molecule has 0 heterocycles. The summed E-state index contributed by atoms with van der Waals surface area (Å²) in [5.41, 5.74) is 15.5. The Bertz CT molecular complexity index is 939. The van der Waals surface area contributed by atoms with Crippen LogP contribution in [0.3, 0.4) is 0 Å². The molecule has 2 radical (unpaired) electrons. The number of allylic oxidation sites excluding steroid dienone is 1. The average Bonchev–Trinajstić information content (AvgIpc) is 2.92. The zero-order chi connectivity index (χ0) is 29.3. The van der Waals surface area contributed by atoms with Gasteiger partial charge >= 0.3 is 207 Å². The van der Waals surface area contributed by atoms with Gasteiger partial charge in [0.2, 0.25) is 11.8 Å². The Morgan fingerprint density at radius 1 is 0.818 bits per heavy atom. The van der Waals surface area contributed by atoms with Gasteiger partial charge in [0, 0.05) is 5.56 Å². The van der Waals surface area contributed by atoms with Crippen LogP contribution in [0.2, 0.25) is 6.82 Å². The van der Waals surface area contributed by atoms with Gasteiger partial charge in [-0.05, 0) is 44.5 Å². The Morgan fingerprint density at radius 2 is 1.32 bits per heavy atom. The first kappa shape index (κ1) is 64.7. The number of primary amides is 1. The second-order valence-corrected chi connectivity index (χ2v) is 7.37. The van der Waals surface area contributed by atoms with E-state index in [1.54, 1.807) is 30.3 Å². The van der Waals surface area contributed by atoms with Crippen LogP contribution in [-0.4, -0.2) is 63.6 Å². The van der Waals surface area contributed by atoms with E-state index in [-0.39, 0.29) is 240 Å². The molecule has 0 saturated carbocycles. The molecule has 0 atom stereocenters. The molecule has 0 saturated heterocycles. The second-order valence-electron chi connectivity index (χ2n) is 7.37. The minimum absolute atomic E-state index is 0. The van der Waals surface area contributed by atoms with E-state index in [4.69, 9.17) is 17.2 Å². The molecule has 0 aliphatic carbocycles. The summed E-state index contributed by atoms with van der Waals surface area (Å²) in [5, 5.41) is 9.20. The predicted octanol–water partition coefficient (Wildman–Crippen LogP) is -8.30. The minimum Gasteiger partial charge on any atom is -0.368 e. The SMILES string of the molecule is C=C(NC(=O)CNC(=O)/C(=C\CCCN)NC(=O)c1ccccc1)C(=O)NCC(N)=O.CCCCN.[B]C.[CH3-].[CH3-].[CH3-].[Cs+].[Cs+].[Cs+]. The standard InChI is InChI=1S/C20H26N6O5.C4H11N.CH3B.3CH3.3Cs/c1-13(18(29)23-11-16(22)27)25-17(28)12-24-20(31)15(9-5-6-10-21)26-19(30)14-7-3-2-4-8-14;1-2-3-4-5;1-2;;;;;;/h2-4,7-9H,1,5-6,10-12,21H2,(H2,22,27)(H,23,29)(H,24,31)(H,25,28)(H,26,30);2-5H2,1H3;1H3;3*1H3;;;/q;;;3*-1;3*+1/b15-9+;;;;;;;;. The van der Waals surface area contributed by atoms with Gasteiger partial charge < -0.3 is 60.7 Å². The van der Waals surface area contributed by atoms with Crippen LogP contribution in [0, 0.1) is 22.3 Å². The maximum absolute atomic E-state index is 12.4. The van der Waals surface area contributed by atoms with Crippen LogP contribution in [0.4, 0.5) is 0 Å². The number of hydrogen-bond donors (Lipinski definition) is 7. The van der Waals surface area contributed by atoms with Crippen molar-refractivity contribution in [2.24, 2.45) is 17.2 Å². The zero-order valence-corrected chi connectivity index (χ0v) is 47.0. The van der Waals surface area contributed by atoms with Crippen LogP contribution >= 0.6 is 0 Å². The molecule has 1 aromatic rings. The summed E-state index contributed by atoms with van der Waals surface area (Å²) in [6.45, 7) is 7.34. The number of nitrogens with one attached hydrogen (secondary N) is 4. The van der Waals surface area contributed by atoms with Crippen molar-refractivity contribution in [1.29, 1.82) is 0 Å². The number of unbranched alkanes of at least 4 members (excludes halogenated alkanes) is 2. The van der Waals surface area contributed by atoms with Crippen molar-refractivity contribution in [3.63, 3.8) is 0 Å². The molecule has 0 aliphatic heterocycles. The van der Waals surface area contributed by atoms with Crippen LogP contribution < -0.4 is 245 Å². The van der Waals surface area contributed by atoms with E-state index in [1.165, 1.54) is 25.7 Å². The Balaban J connectivity index is -0.000000151. The normalized spacial score (nSPS) is 8.50. The van der Waals surface area contributed by atoms with Gasteiger partial charge in [-0.2, -0.15) is 0 Å². The summed E-state index contributed by atoms with van der Waals surface area (Å²) in [4.78, 5) is 59.0. The summed E-state index contributed by atoms with van der Waals surface area (Å²) >= 11 is 0. The first-order valence-electron chi connectivity index (χ1n) is 12.0. The Morgan fingerprint density at radius 3 is 1.75 bits per heavy atom. The third kappa shape index (κ3) is 37.0. The fourth-order valence-electron chi connectivity index (χ4n) is 2.35. The van der Waals surface area contributed by atoms with Gasteiger partial charge in [-0.3, -0.25) is 24.0 Å². The van der Waals surface area contributed by atoms with Crippen molar-refractivity contribution in [1.82, 2.24) is 21.3 Å². The van der Waals surface area contributed by atoms with Gasteiger partial charge in [-0.15, -0.1) is 0 Å². The fourth-order valence-corrected chi connectivity index (χ4v) is 2.35. The van der Waals surface area contributed by atoms with E-state index < -0.39 is 42.6 Å². The van der Waals surface area contributed by atoms with Gasteiger partial charge in [0.25, 0.3) is 17.7 Å². The van der Waals surface area contributed by atoms with Crippen molar-refractivity contribution < 1.29 is 231 Å². The molecular weight excluding hydrogens is 924 g/mol. The molecule has 1 rings (SSSR count). The van der Waals surface area contributed by atoms with E-state index in [9.17, 15) is 24.0 Å². The Labute approximate surface area is 443 Å². The van der Waals surface area contributed by atoms with Crippen molar-refractivity contribution >= 4 is 37.4 Å². The summed E-state index contributed by atoms with van der Waals surface area (Å²) in [6, 6.07) is 8.30. The number of hydrogen-bond acceptors (Lipinski definition) is 7. The summed E-state index contributed by atoms with van der Waals surface area (Å²) in [5.74, 6) is -3.47. The van der Waals surface area contributed by atoms with Gasteiger partial charge in [-0.25, -0.2) is 0 Å². The predicted molar refractivity (Wildman–Crippen MR) is 168 cm³/mol. The third-order valence-corrected chi connectivity index (χ3v) is 4.24. The Hall–Kier alpha value is 2.19. The molecule has 12 nitrogen and oxygen atoms in total. The second kappa shape index (κ2) is 45.2. The van der Waals surface area contributed by atoms with Crippen LogP contribution in [-0.2, 0) is 19.2 Å². The van der Waals surface area contributed by atoms with Gasteiger partial charge in [0.1, 0.15) is 5.70 Å². The van der Waals surface area contributed by atoms with Gasteiger partial charge in [0.15, 0.2) is 0 Å². The molecule has 1 aromatic carbocycles. The molecular formula is C28H49BCs3N7O5. The van der Waals surface area contributed by atoms with Crippen LogP contribution in [0.1, 0.15) is 43.0 Å². The first-order chi connectivity index (χ1) is 18.2. The van der Waals surface area contributed by atoms with Crippen molar-refractivity contribution in [2.45, 2.75) is 39.4 Å². The monoisotopic (exact) mass is 973 g/mol. The molecule has 5 amide bonds. The molecule has 0 spiro atoms. The van der Waals surface area contributed by atoms with E-state index in [0.29, 0.717) is 24.9 Å². The number of carbonyl (C=O) groups is 5. The molecule has 44 heavy (non-hydrogen) atoms. The molecule has 0 fully saturated rings. The van der Waals surface area contributed by atoms with Gasteiger partial charge in [-0.1, -0.05) is 51.0 Å². The van der Waals surface area contributed by atoms with Crippen molar-refractivity contribution in [2.75, 3.05) is 26.2 Å². The smallest absolute Gasteiger partial charge is 0.368 e. The number of amides is 5. The maximum Gasteiger partial charge on any atom is 1.00 e. The average molecular weight is 973 g/mol. The summed E-state index contributed by atoms with van der Waals surface area (Å²) in [7, 11) is 4.50. The van der Waals surface area contributed by atoms with Crippen molar-refractivity contribution in [3.8, 4) is 0 Å². The van der Waals surface area contributed by atoms with Crippen molar-refractivity contribution in [3.05, 3.63) is 82.2 Å². The van der Waals surface area contributed by atoms with Crippen LogP contribution in [0.25, 0.3) is 0 Å². The van der Waals surface area contributed by atoms with Gasteiger partial charge in [0.05, 0.1) is 26.6 Å². The first-order valence-corrected chi connectivity index (χ1v) is 12.0. The van der Waals surface area contributed by atoms with Crippen LogP contribution in [0.5, 0.6) is 0 Å². The molecule has 0 bridgehead atoms. The topological polar surface area (TPSA) is 212 Å². The molecule has 232 valence electrons. The van der Waals surface area contributed by atoms with E-state index in [2.05, 4.69) is 42.6 Å². The minimum atomic E-state index is -0.795. The van der Waals surface area contributed by atoms with Crippen LogP contribution in [0.15, 0.2) is 54.4 Å². The van der Waals surface area contributed by atoms with E-state index >= 15 is 0 Å². The number of benzene rings is 1. The quantitative estimate of drug-likeness (QED) is 0.0414. The number of rotatable bonds is 14. The molecule has 0 aliphatic rings. The third-order valence-electron chi connectivity index (χ3n) is 4.24. The number of carbonyl (C=O) groups excluding carboxylic acids is 5. The summed E-state index contributed by atoms with van der Waals surface area (Å²) < 4.78 is 0. The molecule has 0 aromatic heterocycles. The molecule has 10 N–H and O–H groups in total. The Kier molecular flexibility index (Phi) is 66.4. The molecule has 16 heteroatoms. The molecule has 0 unspecified atom stereocenters.